The van der Waals surface area contributed by atoms with E-state index in [9.17, 15) is 4.79 Å². The Labute approximate surface area is 127 Å². The van der Waals surface area contributed by atoms with Crippen LogP contribution in [0.15, 0.2) is 12.1 Å². The Hall–Kier alpha value is -1.39. The SMILES string of the molecule is CCC(OCCO)c1ccc(C(=O)N(C)CC)c(C)c1C. The lowest BCUT2D eigenvalue weighted by Crippen LogP contribution is -2.27. The third-order valence-electron chi connectivity index (χ3n) is 4.01. The van der Waals surface area contributed by atoms with E-state index in [0.29, 0.717) is 13.2 Å². The van der Waals surface area contributed by atoms with Crippen molar-refractivity contribution in [1.82, 2.24) is 4.90 Å². The third-order valence-corrected chi connectivity index (χ3v) is 4.01. The van der Waals surface area contributed by atoms with Crippen molar-refractivity contribution in [2.45, 2.75) is 40.2 Å². The highest BCUT2D eigenvalue weighted by Gasteiger charge is 2.19. The van der Waals surface area contributed by atoms with E-state index < -0.39 is 0 Å². The van der Waals surface area contributed by atoms with Gasteiger partial charge >= 0.3 is 0 Å². The molecule has 0 bridgehead atoms. The fourth-order valence-corrected chi connectivity index (χ4v) is 2.39. The van der Waals surface area contributed by atoms with Crippen LogP contribution in [0.4, 0.5) is 0 Å². The fraction of sp³-hybridized carbons (Fsp3) is 0.588. The molecule has 0 aliphatic carbocycles. The van der Waals surface area contributed by atoms with Crippen molar-refractivity contribution in [2.75, 3.05) is 26.8 Å². The number of hydrogen-bond acceptors (Lipinski definition) is 3. The lowest BCUT2D eigenvalue weighted by molar-refractivity contribution is 0.0253. The van der Waals surface area contributed by atoms with Crippen molar-refractivity contribution in [3.8, 4) is 0 Å². The van der Waals surface area contributed by atoms with Crippen LogP contribution in [0, 0.1) is 13.8 Å². The van der Waals surface area contributed by atoms with Crippen molar-refractivity contribution in [3.63, 3.8) is 0 Å². The van der Waals surface area contributed by atoms with Gasteiger partial charge in [-0.05, 0) is 49.9 Å². The van der Waals surface area contributed by atoms with Crippen LogP contribution in [0.1, 0.15) is 53.4 Å². The Bertz CT molecular complexity index is 485. The van der Waals surface area contributed by atoms with Crippen LogP contribution < -0.4 is 0 Å². The molecule has 1 aromatic carbocycles. The molecular weight excluding hydrogens is 266 g/mol. The molecule has 0 heterocycles. The molecule has 118 valence electrons. The molecule has 1 amide bonds. The Balaban J connectivity index is 3.12. The highest BCUT2D eigenvalue weighted by atomic mass is 16.5. The van der Waals surface area contributed by atoms with Crippen molar-refractivity contribution < 1.29 is 14.6 Å². The summed E-state index contributed by atoms with van der Waals surface area (Å²) in [6, 6.07) is 3.86. The minimum absolute atomic E-state index is 0.0202. The van der Waals surface area contributed by atoms with E-state index >= 15 is 0 Å². The molecule has 0 radical (unpaired) electrons. The van der Waals surface area contributed by atoms with Crippen LogP contribution in [-0.2, 0) is 4.74 Å². The van der Waals surface area contributed by atoms with Crippen LogP contribution in [-0.4, -0.2) is 42.7 Å². The lowest BCUT2D eigenvalue weighted by atomic mass is 9.93. The van der Waals surface area contributed by atoms with Gasteiger partial charge < -0.3 is 14.7 Å². The number of aliphatic hydroxyl groups excluding tert-OH is 1. The zero-order valence-corrected chi connectivity index (χ0v) is 13.8. The molecular formula is C17H27NO3. The van der Waals surface area contributed by atoms with Crippen LogP contribution in [0.25, 0.3) is 0 Å². The first-order chi connectivity index (χ1) is 9.97. The number of benzene rings is 1. The summed E-state index contributed by atoms with van der Waals surface area (Å²) in [7, 11) is 1.81. The number of rotatable bonds is 7. The summed E-state index contributed by atoms with van der Waals surface area (Å²) in [5.41, 5.74) is 3.94. The molecule has 0 aliphatic rings. The number of aliphatic hydroxyl groups is 1. The van der Waals surface area contributed by atoms with Gasteiger partial charge in [0.15, 0.2) is 0 Å². The number of hydrogen-bond donors (Lipinski definition) is 1. The maximum atomic E-state index is 12.3. The average Bonchev–Trinajstić information content (AvgIpc) is 2.50. The normalized spacial score (nSPS) is 12.3. The molecule has 0 fully saturated rings. The molecule has 4 heteroatoms. The minimum Gasteiger partial charge on any atom is -0.394 e. The predicted molar refractivity (Wildman–Crippen MR) is 84.6 cm³/mol. The zero-order valence-electron chi connectivity index (χ0n) is 13.8. The van der Waals surface area contributed by atoms with Crippen LogP contribution in [0.3, 0.4) is 0 Å². The van der Waals surface area contributed by atoms with E-state index in [1.54, 1.807) is 4.90 Å². The first-order valence-corrected chi connectivity index (χ1v) is 7.55. The second-order valence-corrected chi connectivity index (χ2v) is 5.26. The van der Waals surface area contributed by atoms with Crippen molar-refractivity contribution in [2.24, 2.45) is 0 Å². The van der Waals surface area contributed by atoms with Crippen molar-refractivity contribution >= 4 is 5.91 Å². The number of amides is 1. The molecule has 0 saturated heterocycles. The van der Waals surface area contributed by atoms with Crippen LogP contribution >= 0.6 is 0 Å². The monoisotopic (exact) mass is 293 g/mol. The predicted octanol–water partition coefficient (Wildman–Crippen LogP) is 2.86. The molecule has 21 heavy (non-hydrogen) atoms. The van der Waals surface area contributed by atoms with Gasteiger partial charge in [-0.2, -0.15) is 0 Å². The van der Waals surface area contributed by atoms with Gasteiger partial charge in [-0.3, -0.25) is 4.79 Å². The van der Waals surface area contributed by atoms with Gasteiger partial charge in [-0.25, -0.2) is 0 Å². The topological polar surface area (TPSA) is 49.8 Å². The summed E-state index contributed by atoms with van der Waals surface area (Å²) in [5, 5.41) is 8.91. The van der Waals surface area contributed by atoms with E-state index in [1.165, 1.54) is 0 Å². The second kappa shape index (κ2) is 8.15. The summed E-state index contributed by atoms with van der Waals surface area (Å²) < 4.78 is 5.69. The summed E-state index contributed by atoms with van der Waals surface area (Å²) in [4.78, 5) is 14.0. The standard InChI is InChI=1S/C17H27NO3/c1-6-16(21-11-10-19)14-8-9-15(13(4)12(14)3)17(20)18(5)7-2/h8-9,16,19H,6-7,10-11H2,1-5H3. The Morgan fingerprint density at radius 2 is 1.95 bits per heavy atom. The molecule has 0 spiro atoms. The Morgan fingerprint density at radius 3 is 2.48 bits per heavy atom. The number of nitrogens with zero attached hydrogens (tertiary/aromatic N) is 1. The molecule has 0 aliphatic heterocycles. The fourth-order valence-electron chi connectivity index (χ4n) is 2.39. The maximum Gasteiger partial charge on any atom is 0.253 e. The maximum absolute atomic E-state index is 12.3. The zero-order chi connectivity index (χ0) is 16.0. The highest BCUT2D eigenvalue weighted by Crippen LogP contribution is 2.28. The van der Waals surface area contributed by atoms with Crippen LogP contribution in [0.2, 0.25) is 0 Å². The first-order valence-electron chi connectivity index (χ1n) is 7.55. The van der Waals surface area contributed by atoms with E-state index in [0.717, 1.165) is 28.7 Å². The number of carbonyl (C=O) groups excluding carboxylic acids is 1. The van der Waals surface area contributed by atoms with Gasteiger partial charge in [-0.15, -0.1) is 0 Å². The quantitative estimate of drug-likeness (QED) is 0.841. The number of ether oxygens (including phenoxy) is 1. The minimum atomic E-state index is -0.0380. The van der Waals surface area contributed by atoms with E-state index in [-0.39, 0.29) is 18.6 Å². The van der Waals surface area contributed by atoms with Gasteiger partial charge in [0.1, 0.15) is 0 Å². The largest absolute Gasteiger partial charge is 0.394 e. The second-order valence-electron chi connectivity index (χ2n) is 5.26. The van der Waals surface area contributed by atoms with E-state index in [2.05, 4.69) is 6.92 Å². The summed E-state index contributed by atoms with van der Waals surface area (Å²) in [6.45, 7) is 9.07. The highest BCUT2D eigenvalue weighted by molar-refractivity contribution is 5.95. The number of carbonyl (C=O) groups is 1. The molecule has 1 atom stereocenters. The summed E-state index contributed by atoms with van der Waals surface area (Å²) >= 11 is 0. The Kier molecular flexibility index (Phi) is 6.85. The molecule has 1 unspecified atom stereocenters. The van der Waals surface area contributed by atoms with Crippen LogP contribution in [0.5, 0.6) is 0 Å². The van der Waals surface area contributed by atoms with Gasteiger partial charge in [0, 0.05) is 19.2 Å². The van der Waals surface area contributed by atoms with Gasteiger partial charge in [-0.1, -0.05) is 13.0 Å². The van der Waals surface area contributed by atoms with Gasteiger partial charge in [0.2, 0.25) is 0 Å². The summed E-state index contributed by atoms with van der Waals surface area (Å²) in [5.74, 6) is 0.0500. The average molecular weight is 293 g/mol. The molecule has 0 aromatic heterocycles. The van der Waals surface area contributed by atoms with Crippen molar-refractivity contribution in [3.05, 3.63) is 34.4 Å². The third kappa shape index (κ3) is 4.05. The van der Waals surface area contributed by atoms with Gasteiger partial charge in [0.25, 0.3) is 5.91 Å². The van der Waals surface area contributed by atoms with E-state index in [4.69, 9.17) is 9.84 Å². The molecule has 1 rings (SSSR count). The van der Waals surface area contributed by atoms with Gasteiger partial charge in [0.05, 0.1) is 19.3 Å². The summed E-state index contributed by atoms with van der Waals surface area (Å²) in [6.07, 6.45) is 0.798. The molecule has 1 aromatic rings. The Morgan fingerprint density at radius 1 is 1.29 bits per heavy atom. The first kappa shape index (κ1) is 17.7. The molecule has 1 N–H and O–H groups in total. The molecule has 0 saturated carbocycles. The smallest absolute Gasteiger partial charge is 0.253 e. The van der Waals surface area contributed by atoms with Crippen molar-refractivity contribution in [1.29, 1.82) is 0 Å². The van der Waals surface area contributed by atoms with E-state index in [1.807, 2.05) is 40.0 Å². The lowest BCUT2D eigenvalue weighted by Gasteiger charge is -2.22. The molecule has 4 nitrogen and oxygen atoms in total.